The summed E-state index contributed by atoms with van der Waals surface area (Å²) in [7, 11) is 0. The number of halogens is 1. The van der Waals surface area contributed by atoms with Gasteiger partial charge in [-0.1, -0.05) is 18.9 Å². The summed E-state index contributed by atoms with van der Waals surface area (Å²) < 4.78 is 13.2. The van der Waals surface area contributed by atoms with Crippen LogP contribution in [0, 0.1) is 11.2 Å². The molecule has 16 heavy (non-hydrogen) atoms. The third kappa shape index (κ3) is 1.32. The van der Waals surface area contributed by atoms with Crippen LogP contribution in [0.2, 0.25) is 0 Å². The summed E-state index contributed by atoms with van der Waals surface area (Å²) in [6, 6.07) is 4.65. The normalized spacial score (nSPS) is 22.4. The number of rotatable bonds is 0. The van der Waals surface area contributed by atoms with E-state index in [1.54, 1.807) is 6.07 Å². The van der Waals surface area contributed by atoms with Gasteiger partial charge in [0, 0.05) is 11.0 Å². The van der Waals surface area contributed by atoms with Gasteiger partial charge in [0.1, 0.15) is 5.82 Å². The highest BCUT2D eigenvalue weighted by Gasteiger charge is 2.44. The average molecular weight is 218 g/mol. The van der Waals surface area contributed by atoms with E-state index in [-0.39, 0.29) is 17.0 Å². The molecule has 0 atom stereocenters. The molecule has 0 bridgehead atoms. The van der Waals surface area contributed by atoms with E-state index in [0.29, 0.717) is 5.56 Å². The number of fused-ring (bicyclic) bond motifs is 1. The first kappa shape index (κ1) is 10.0. The van der Waals surface area contributed by atoms with Gasteiger partial charge < -0.3 is 0 Å². The second-order valence-electron chi connectivity index (χ2n) is 5.12. The zero-order chi connectivity index (χ0) is 11.2. The van der Waals surface area contributed by atoms with Crippen molar-refractivity contribution in [1.29, 1.82) is 0 Å². The standard InChI is InChI=1S/C14H15FO/c15-11-4-3-10-5-8-14(6-1-2-7-14)13(16)12(10)9-11/h3-4,9H,1-2,5-8H2. The Morgan fingerprint density at radius 1 is 1.12 bits per heavy atom. The number of Topliss-reactive ketones (excluding diaryl/α,β-unsaturated/α-hetero) is 1. The van der Waals surface area contributed by atoms with Crippen LogP contribution in [0.25, 0.3) is 0 Å². The minimum Gasteiger partial charge on any atom is -0.294 e. The van der Waals surface area contributed by atoms with Crippen molar-refractivity contribution in [3.63, 3.8) is 0 Å². The van der Waals surface area contributed by atoms with E-state index in [4.69, 9.17) is 0 Å². The molecule has 1 fully saturated rings. The van der Waals surface area contributed by atoms with E-state index >= 15 is 0 Å². The van der Waals surface area contributed by atoms with Crippen molar-refractivity contribution in [2.24, 2.45) is 5.41 Å². The molecule has 0 aromatic heterocycles. The fourth-order valence-electron chi connectivity index (χ4n) is 3.28. The van der Waals surface area contributed by atoms with Crippen LogP contribution in [0.15, 0.2) is 18.2 Å². The van der Waals surface area contributed by atoms with Gasteiger partial charge in [0.05, 0.1) is 0 Å². The van der Waals surface area contributed by atoms with Crippen LogP contribution >= 0.6 is 0 Å². The Kier molecular flexibility index (Phi) is 2.13. The molecule has 0 saturated heterocycles. The van der Waals surface area contributed by atoms with Gasteiger partial charge in [0.2, 0.25) is 0 Å². The van der Waals surface area contributed by atoms with E-state index in [9.17, 15) is 9.18 Å². The quantitative estimate of drug-likeness (QED) is 0.651. The van der Waals surface area contributed by atoms with E-state index in [2.05, 4.69) is 0 Å². The molecule has 2 heteroatoms. The Morgan fingerprint density at radius 2 is 1.88 bits per heavy atom. The molecule has 1 nitrogen and oxygen atoms in total. The molecule has 1 spiro atoms. The van der Waals surface area contributed by atoms with Crippen LogP contribution in [0.1, 0.15) is 48.0 Å². The number of ketones is 1. The Hall–Kier alpha value is -1.18. The SMILES string of the molecule is O=C1c2cc(F)ccc2CCC12CCCC2. The zero-order valence-corrected chi connectivity index (χ0v) is 9.26. The molecule has 84 valence electrons. The maximum atomic E-state index is 13.2. The Labute approximate surface area is 94.7 Å². The Bertz CT molecular complexity index is 444. The Balaban J connectivity index is 2.07. The fourth-order valence-corrected chi connectivity index (χ4v) is 3.28. The zero-order valence-electron chi connectivity index (χ0n) is 9.26. The lowest BCUT2D eigenvalue weighted by atomic mass is 9.69. The summed E-state index contributed by atoms with van der Waals surface area (Å²) in [5.74, 6) is -0.0899. The van der Waals surface area contributed by atoms with E-state index in [0.717, 1.165) is 44.1 Å². The van der Waals surface area contributed by atoms with Crippen LogP contribution in [0.5, 0.6) is 0 Å². The molecule has 2 aliphatic carbocycles. The molecule has 1 saturated carbocycles. The lowest BCUT2D eigenvalue weighted by Gasteiger charge is -2.32. The van der Waals surface area contributed by atoms with Gasteiger partial charge in [0.15, 0.2) is 5.78 Å². The highest BCUT2D eigenvalue weighted by molar-refractivity contribution is 6.02. The molecule has 0 heterocycles. The molecule has 1 aromatic carbocycles. The summed E-state index contributed by atoms with van der Waals surface area (Å²) in [4.78, 5) is 12.4. The van der Waals surface area contributed by atoms with Crippen molar-refractivity contribution < 1.29 is 9.18 Å². The van der Waals surface area contributed by atoms with E-state index in [1.165, 1.54) is 12.1 Å². The van der Waals surface area contributed by atoms with Gasteiger partial charge in [0.25, 0.3) is 0 Å². The summed E-state index contributed by atoms with van der Waals surface area (Å²) >= 11 is 0. The number of carbonyl (C=O) groups is 1. The largest absolute Gasteiger partial charge is 0.294 e. The van der Waals surface area contributed by atoms with Crippen LogP contribution < -0.4 is 0 Å². The van der Waals surface area contributed by atoms with Crippen molar-refractivity contribution in [1.82, 2.24) is 0 Å². The van der Waals surface area contributed by atoms with Gasteiger partial charge in [-0.2, -0.15) is 0 Å². The summed E-state index contributed by atoms with van der Waals surface area (Å²) in [6.07, 6.45) is 6.20. The van der Waals surface area contributed by atoms with Crippen LogP contribution in [-0.2, 0) is 6.42 Å². The summed E-state index contributed by atoms with van der Waals surface area (Å²) in [5, 5.41) is 0. The molecule has 0 amide bonds. The third-order valence-corrected chi connectivity index (χ3v) is 4.23. The maximum absolute atomic E-state index is 13.2. The minimum absolute atomic E-state index is 0.138. The lowest BCUT2D eigenvalue weighted by Crippen LogP contribution is -2.33. The van der Waals surface area contributed by atoms with Gasteiger partial charge in [-0.05, 0) is 43.4 Å². The summed E-state index contributed by atoms with van der Waals surface area (Å²) in [6.45, 7) is 0. The van der Waals surface area contributed by atoms with Crippen LogP contribution in [0.3, 0.4) is 0 Å². The maximum Gasteiger partial charge on any atom is 0.169 e. The van der Waals surface area contributed by atoms with Gasteiger partial charge in [-0.25, -0.2) is 4.39 Å². The number of hydrogen-bond acceptors (Lipinski definition) is 1. The molecule has 2 aliphatic rings. The number of aryl methyl sites for hydroxylation is 1. The summed E-state index contributed by atoms with van der Waals surface area (Å²) in [5.41, 5.74) is 1.54. The molecular weight excluding hydrogens is 203 g/mol. The van der Waals surface area contributed by atoms with Crippen molar-refractivity contribution in [2.75, 3.05) is 0 Å². The van der Waals surface area contributed by atoms with Crippen LogP contribution in [-0.4, -0.2) is 5.78 Å². The predicted octanol–water partition coefficient (Wildman–Crippen LogP) is 3.52. The van der Waals surface area contributed by atoms with Crippen molar-refractivity contribution in [3.05, 3.63) is 35.1 Å². The molecule has 0 radical (unpaired) electrons. The molecular formula is C14H15FO. The first-order chi connectivity index (χ1) is 7.71. The second kappa shape index (κ2) is 3.41. The molecule has 0 aliphatic heterocycles. The number of carbonyl (C=O) groups excluding carboxylic acids is 1. The smallest absolute Gasteiger partial charge is 0.169 e. The van der Waals surface area contributed by atoms with Gasteiger partial charge in [-0.3, -0.25) is 4.79 Å². The lowest BCUT2D eigenvalue weighted by molar-refractivity contribution is 0.0765. The fraction of sp³-hybridized carbons (Fsp3) is 0.500. The first-order valence-corrected chi connectivity index (χ1v) is 6.05. The van der Waals surface area contributed by atoms with Crippen molar-refractivity contribution >= 4 is 5.78 Å². The second-order valence-corrected chi connectivity index (χ2v) is 5.12. The molecule has 3 rings (SSSR count). The predicted molar refractivity (Wildman–Crippen MR) is 60.0 cm³/mol. The minimum atomic E-state index is -0.290. The van der Waals surface area contributed by atoms with Crippen molar-refractivity contribution in [2.45, 2.75) is 38.5 Å². The van der Waals surface area contributed by atoms with Gasteiger partial charge >= 0.3 is 0 Å². The number of hydrogen-bond donors (Lipinski definition) is 0. The highest BCUT2D eigenvalue weighted by Crippen LogP contribution is 2.47. The highest BCUT2D eigenvalue weighted by atomic mass is 19.1. The van der Waals surface area contributed by atoms with E-state index in [1.807, 2.05) is 0 Å². The number of benzene rings is 1. The molecule has 0 N–H and O–H groups in total. The van der Waals surface area contributed by atoms with Crippen LogP contribution in [0.4, 0.5) is 4.39 Å². The van der Waals surface area contributed by atoms with E-state index < -0.39 is 0 Å². The van der Waals surface area contributed by atoms with Gasteiger partial charge in [-0.15, -0.1) is 0 Å². The Morgan fingerprint density at radius 3 is 2.62 bits per heavy atom. The third-order valence-electron chi connectivity index (χ3n) is 4.23. The monoisotopic (exact) mass is 218 g/mol. The average Bonchev–Trinajstić information content (AvgIpc) is 2.75. The molecule has 1 aromatic rings. The van der Waals surface area contributed by atoms with Crippen molar-refractivity contribution in [3.8, 4) is 0 Å². The topological polar surface area (TPSA) is 17.1 Å². The molecule has 0 unspecified atom stereocenters. The first-order valence-electron chi connectivity index (χ1n) is 6.05.